The van der Waals surface area contributed by atoms with E-state index in [2.05, 4.69) is 44.7 Å². The molecule has 1 aromatic rings. The Bertz CT molecular complexity index is 338. The third kappa shape index (κ3) is 2.36. The molecule has 0 radical (unpaired) electrons. The second kappa shape index (κ2) is 4.14. The average Bonchev–Trinajstić information content (AvgIpc) is 2.10. The van der Waals surface area contributed by atoms with E-state index < -0.39 is 0 Å². The molecule has 0 fully saturated rings. The Morgan fingerprint density at radius 2 is 1.62 bits per heavy atom. The minimum Gasteiger partial charge on any atom is -0.106 e. The molecule has 0 aromatic heterocycles. The van der Waals surface area contributed by atoms with E-state index in [4.69, 9.17) is 0 Å². The fourth-order valence-electron chi connectivity index (χ4n) is 1.42. The van der Waals surface area contributed by atoms with Crippen molar-refractivity contribution in [3.8, 4) is 11.8 Å². The first-order valence-corrected chi connectivity index (χ1v) is 4.61. The lowest BCUT2D eigenvalue weighted by molar-refractivity contribution is 1.20. The molecule has 0 heterocycles. The molecule has 0 spiro atoms. The Hall–Kier alpha value is -1.22. The highest BCUT2D eigenvalue weighted by Crippen LogP contribution is 2.15. The van der Waals surface area contributed by atoms with Gasteiger partial charge >= 0.3 is 0 Å². The fourth-order valence-corrected chi connectivity index (χ4v) is 1.42. The molecule has 0 amide bonds. The summed E-state index contributed by atoms with van der Waals surface area (Å²) in [6, 6.07) is 4.46. The molecule has 0 saturated carbocycles. The largest absolute Gasteiger partial charge is 0.106 e. The van der Waals surface area contributed by atoms with Crippen molar-refractivity contribution in [2.75, 3.05) is 0 Å². The topological polar surface area (TPSA) is 0 Å². The van der Waals surface area contributed by atoms with E-state index in [1.165, 1.54) is 22.3 Å². The third-order valence-electron chi connectivity index (χ3n) is 2.46. The van der Waals surface area contributed by atoms with E-state index in [9.17, 15) is 0 Å². The van der Waals surface area contributed by atoms with Crippen LogP contribution in [0.25, 0.3) is 0 Å². The van der Waals surface area contributed by atoms with Crippen LogP contribution in [0, 0.1) is 32.6 Å². The zero-order valence-corrected chi connectivity index (χ0v) is 8.86. The summed E-state index contributed by atoms with van der Waals surface area (Å²) in [5, 5.41) is 0. The van der Waals surface area contributed by atoms with Crippen LogP contribution in [0.1, 0.15) is 29.2 Å². The zero-order valence-electron chi connectivity index (χ0n) is 8.86. The van der Waals surface area contributed by atoms with Gasteiger partial charge in [0, 0.05) is 6.42 Å². The van der Waals surface area contributed by atoms with Crippen LogP contribution in [-0.4, -0.2) is 0 Å². The Morgan fingerprint density at radius 3 is 2.08 bits per heavy atom. The van der Waals surface area contributed by atoms with E-state index >= 15 is 0 Å². The van der Waals surface area contributed by atoms with Crippen LogP contribution in [0.15, 0.2) is 12.1 Å². The first-order valence-electron chi connectivity index (χ1n) is 4.61. The molecular weight excluding hydrogens is 156 g/mol. The van der Waals surface area contributed by atoms with E-state index in [0.717, 1.165) is 6.42 Å². The second-order valence-electron chi connectivity index (χ2n) is 3.46. The van der Waals surface area contributed by atoms with E-state index in [1.54, 1.807) is 0 Å². The minimum atomic E-state index is 0.873. The summed E-state index contributed by atoms with van der Waals surface area (Å²) < 4.78 is 0. The van der Waals surface area contributed by atoms with Crippen molar-refractivity contribution in [3.05, 3.63) is 34.4 Å². The predicted octanol–water partition coefficient (Wildman–Crippen LogP) is 3.18. The Kier molecular flexibility index (Phi) is 3.14. The summed E-state index contributed by atoms with van der Waals surface area (Å²) >= 11 is 0. The monoisotopic (exact) mass is 172 g/mol. The summed E-state index contributed by atoms with van der Waals surface area (Å²) in [5.41, 5.74) is 5.46. The maximum absolute atomic E-state index is 3.09. The molecule has 0 bridgehead atoms. The van der Waals surface area contributed by atoms with Crippen molar-refractivity contribution < 1.29 is 0 Å². The summed E-state index contributed by atoms with van der Waals surface area (Å²) in [6.45, 7) is 8.37. The van der Waals surface area contributed by atoms with Crippen molar-refractivity contribution in [2.24, 2.45) is 0 Å². The Morgan fingerprint density at radius 1 is 1.08 bits per heavy atom. The third-order valence-corrected chi connectivity index (χ3v) is 2.46. The van der Waals surface area contributed by atoms with Gasteiger partial charge in [-0.05, 0) is 49.9 Å². The van der Waals surface area contributed by atoms with Crippen molar-refractivity contribution in [3.63, 3.8) is 0 Å². The predicted molar refractivity (Wildman–Crippen MR) is 57.8 cm³/mol. The quantitative estimate of drug-likeness (QED) is 0.571. The molecular formula is C13H16. The number of rotatable bonds is 1. The lowest BCUT2D eigenvalue weighted by Crippen LogP contribution is -1.90. The van der Waals surface area contributed by atoms with Crippen LogP contribution in [-0.2, 0) is 6.42 Å². The summed E-state index contributed by atoms with van der Waals surface area (Å²) in [6.07, 6.45) is 0.873. The lowest BCUT2D eigenvalue weighted by atomic mass is 9.99. The Balaban J connectivity index is 3.03. The van der Waals surface area contributed by atoms with Crippen LogP contribution < -0.4 is 0 Å². The second-order valence-corrected chi connectivity index (χ2v) is 3.46. The first-order chi connectivity index (χ1) is 6.15. The zero-order chi connectivity index (χ0) is 9.84. The number of hydrogen-bond donors (Lipinski definition) is 0. The molecule has 0 aliphatic rings. The lowest BCUT2D eigenvalue weighted by Gasteiger charge is -2.06. The molecule has 68 valence electrons. The average molecular weight is 172 g/mol. The molecule has 1 rings (SSSR count). The van der Waals surface area contributed by atoms with Gasteiger partial charge in [0.2, 0.25) is 0 Å². The molecule has 0 aliphatic carbocycles. The van der Waals surface area contributed by atoms with Crippen molar-refractivity contribution in [1.29, 1.82) is 0 Å². The van der Waals surface area contributed by atoms with E-state index in [-0.39, 0.29) is 0 Å². The highest BCUT2D eigenvalue weighted by atomic mass is 14.0. The molecule has 0 N–H and O–H groups in total. The van der Waals surface area contributed by atoms with Gasteiger partial charge < -0.3 is 0 Å². The minimum absolute atomic E-state index is 0.873. The summed E-state index contributed by atoms with van der Waals surface area (Å²) in [4.78, 5) is 0. The highest BCUT2D eigenvalue weighted by Gasteiger charge is 1.99. The molecule has 1 aromatic carbocycles. The van der Waals surface area contributed by atoms with Crippen LogP contribution in [0.2, 0.25) is 0 Å². The summed E-state index contributed by atoms with van der Waals surface area (Å²) in [7, 11) is 0. The number of aryl methyl sites for hydroxylation is 2. The number of benzene rings is 1. The molecule has 0 aliphatic heterocycles. The normalized spacial score (nSPS) is 9.23. The molecule has 0 heteroatoms. The van der Waals surface area contributed by atoms with Gasteiger partial charge in [-0.25, -0.2) is 0 Å². The first kappa shape index (κ1) is 9.86. The maximum atomic E-state index is 3.09. The standard InChI is InChI=1S/C13H16/c1-5-6-7-13-8-10(2)12(4)11(3)9-13/h8-9H,7H2,1-4H3. The van der Waals surface area contributed by atoms with Gasteiger partial charge in [0.25, 0.3) is 0 Å². The van der Waals surface area contributed by atoms with Crippen molar-refractivity contribution >= 4 is 0 Å². The van der Waals surface area contributed by atoms with Crippen LogP contribution in [0.4, 0.5) is 0 Å². The molecule has 13 heavy (non-hydrogen) atoms. The van der Waals surface area contributed by atoms with Crippen molar-refractivity contribution in [1.82, 2.24) is 0 Å². The van der Waals surface area contributed by atoms with Crippen LogP contribution in [0.5, 0.6) is 0 Å². The molecule has 0 nitrogen and oxygen atoms in total. The van der Waals surface area contributed by atoms with Crippen LogP contribution in [0.3, 0.4) is 0 Å². The Labute approximate surface area is 81.0 Å². The van der Waals surface area contributed by atoms with Gasteiger partial charge in [0.05, 0.1) is 0 Å². The molecule has 0 saturated heterocycles. The van der Waals surface area contributed by atoms with Crippen LogP contribution >= 0.6 is 0 Å². The van der Waals surface area contributed by atoms with Gasteiger partial charge in [-0.2, -0.15) is 0 Å². The maximum Gasteiger partial charge on any atom is 0.0340 e. The molecule has 0 unspecified atom stereocenters. The van der Waals surface area contributed by atoms with Gasteiger partial charge in [0.15, 0.2) is 0 Å². The fraction of sp³-hybridized carbons (Fsp3) is 0.385. The van der Waals surface area contributed by atoms with Gasteiger partial charge in [0.1, 0.15) is 0 Å². The number of hydrogen-bond acceptors (Lipinski definition) is 0. The van der Waals surface area contributed by atoms with Crippen molar-refractivity contribution in [2.45, 2.75) is 34.1 Å². The van der Waals surface area contributed by atoms with E-state index in [1.807, 2.05) is 6.92 Å². The van der Waals surface area contributed by atoms with E-state index in [0.29, 0.717) is 0 Å². The summed E-state index contributed by atoms with van der Waals surface area (Å²) in [5.74, 6) is 6.01. The van der Waals surface area contributed by atoms with Gasteiger partial charge in [-0.1, -0.05) is 18.1 Å². The molecule has 0 atom stereocenters. The highest BCUT2D eigenvalue weighted by molar-refractivity contribution is 5.38. The van der Waals surface area contributed by atoms with Gasteiger partial charge in [-0.15, -0.1) is 5.92 Å². The SMILES string of the molecule is CC#CCc1cc(C)c(C)c(C)c1. The smallest absolute Gasteiger partial charge is 0.0340 e. The van der Waals surface area contributed by atoms with Gasteiger partial charge in [-0.3, -0.25) is 0 Å².